The minimum Gasteiger partial charge on any atom is -0.459 e. The molecule has 5 rings (SSSR count). The Bertz CT molecular complexity index is 1490. The number of H-pyrrole nitrogens is 1. The Hall–Kier alpha value is -4.31. The summed E-state index contributed by atoms with van der Waals surface area (Å²) in [5.41, 5.74) is 1.58. The van der Waals surface area contributed by atoms with Gasteiger partial charge in [0.05, 0.1) is 32.7 Å². The molecule has 3 heterocycles. The number of amides is 2. The van der Waals surface area contributed by atoms with Crippen molar-refractivity contribution in [1.29, 1.82) is 0 Å². The SMILES string of the molecule is O=C(Nc1ccc(C(=O)Nc2ccc3nc(-c4cc(F)ccc4F)[nH]c3c2)s1)c1ccco1. The third kappa shape index (κ3) is 4.23. The van der Waals surface area contributed by atoms with E-state index in [9.17, 15) is 18.4 Å². The molecule has 5 aromatic rings. The summed E-state index contributed by atoms with van der Waals surface area (Å²) in [6.07, 6.45) is 1.40. The topological polar surface area (TPSA) is 100 Å². The fourth-order valence-electron chi connectivity index (χ4n) is 3.19. The first-order valence-electron chi connectivity index (χ1n) is 9.67. The van der Waals surface area contributed by atoms with Crippen molar-refractivity contribution in [2.75, 3.05) is 10.6 Å². The van der Waals surface area contributed by atoms with E-state index in [1.54, 1.807) is 36.4 Å². The van der Waals surface area contributed by atoms with Gasteiger partial charge in [-0.15, -0.1) is 11.3 Å². The highest BCUT2D eigenvalue weighted by atomic mass is 32.1. The van der Waals surface area contributed by atoms with E-state index in [2.05, 4.69) is 20.6 Å². The minimum atomic E-state index is -0.600. The number of nitrogens with zero attached hydrogens (tertiary/aromatic N) is 1. The van der Waals surface area contributed by atoms with Crippen molar-refractivity contribution in [3.63, 3.8) is 0 Å². The van der Waals surface area contributed by atoms with Gasteiger partial charge < -0.3 is 20.0 Å². The van der Waals surface area contributed by atoms with E-state index in [1.807, 2.05) is 0 Å². The average molecular weight is 464 g/mol. The van der Waals surface area contributed by atoms with Gasteiger partial charge in [0.1, 0.15) is 17.5 Å². The van der Waals surface area contributed by atoms with Crippen LogP contribution in [0.15, 0.2) is 71.3 Å². The monoisotopic (exact) mass is 464 g/mol. The number of furan rings is 1. The number of rotatable bonds is 5. The van der Waals surface area contributed by atoms with Crippen LogP contribution in [0.4, 0.5) is 19.5 Å². The second-order valence-corrected chi connectivity index (χ2v) is 8.07. The van der Waals surface area contributed by atoms with Crippen LogP contribution >= 0.6 is 11.3 Å². The van der Waals surface area contributed by atoms with Crippen LogP contribution < -0.4 is 10.6 Å². The minimum absolute atomic E-state index is 0.0134. The molecule has 0 atom stereocenters. The molecular formula is C23H14F2N4O3S. The lowest BCUT2D eigenvalue weighted by atomic mass is 10.2. The molecule has 0 bridgehead atoms. The maximum atomic E-state index is 14.1. The Morgan fingerprint density at radius 2 is 1.85 bits per heavy atom. The van der Waals surface area contributed by atoms with Gasteiger partial charge in [-0.25, -0.2) is 13.8 Å². The average Bonchev–Trinajstić information content (AvgIpc) is 3.55. The second-order valence-electron chi connectivity index (χ2n) is 6.99. The summed E-state index contributed by atoms with van der Waals surface area (Å²) >= 11 is 1.11. The zero-order valence-electron chi connectivity index (χ0n) is 16.7. The standard InChI is InChI=1S/C23H14F2N4O3S/c24-12-3-5-15(25)14(10-12)21-27-16-6-4-13(11-17(16)28-21)26-23(31)19-7-8-20(33-19)29-22(30)18-2-1-9-32-18/h1-11H,(H,26,31)(H,27,28)(H,29,30). The third-order valence-electron chi connectivity index (χ3n) is 4.73. The molecule has 164 valence electrons. The first kappa shape index (κ1) is 20.6. The largest absolute Gasteiger partial charge is 0.459 e. The van der Waals surface area contributed by atoms with Gasteiger partial charge in [-0.1, -0.05) is 0 Å². The molecule has 10 heteroatoms. The van der Waals surface area contributed by atoms with Crippen molar-refractivity contribution in [2.45, 2.75) is 0 Å². The highest BCUT2D eigenvalue weighted by Gasteiger charge is 2.15. The van der Waals surface area contributed by atoms with Crippen LogP contribution in [0.25, 0.3) is 22.4 Å². The van der Waals surface area contributed by atoms with E-state index in [-0.39, 0.29) is 23.1 Å². The first-order chi connectivity index (χ1) is 16.0. The maximum Gasteiger partial charge on any atom is 0.291 e. The number of thiophene rings is 1. The summed E-state index contributed by atoms with van der Waals surface area (Å²) in [6, 6.07) is 14.5. The molecule has 33 heavy (non-hydrogen) atoms. The maximum absolute atomic E-state index is 14.1. The number of aromatic amines is 1. The van der Waals surface area contributed by atoms with Crippen LogP contribution in [0.1, 0.15) is 20.2 Å². The van der Waals surface area contributed by atoms with Crippen LogP contribution in [-0.2, 0) is 0 Å². The number of benzene rings is 2. The Kier molecular flexibility index (Phi) is 5.19. The van der Waals surface area contributed by atoms with E-state index < -0.39 is 17.5 Å². The third-order valence-corrected chi connectivity index (χ3v) is 5.73. The van der Waals surface area contributed by atoms with Crippen LogP contribution in [0.3, 0.4) is 0 Å². The van der Waals surface area contributed by atoms with Gasteiger partial charge in [0, 0.05) is 5.69 Å². The predicted molar refractivity (Wildman–Crippen MR) is 120 cm³/mol. The van der Waals surface area contributed by atoms with Gasteiger partial charge in [0.15, 0.2) is 5.76 Å². The molecule has 0 saturated carbocycles. The molecule has 0 saturated heterocycles. The summed E-state index contributed by atoms with van der Waals surface area (Å²) in [4.78, 5) is 32.3. The molecular weight excluding hydrogens is 450 g/mol. The number of halogens is 2. The number of aromatic nitrogens is 2. The van der Waals surface area contributed by atoms with Crippen molar-refractivity contribution in [1.82, 2.24) is 9.97 Å². The Morgan fingerprint density at radius 3 is 2.67 bits per heavy atom. The molecule has 0 spiro atoms. The van der Waals surface area contributed by atoms with Gasteiger partial charge >= 0.3 is 0 Å². The van der Waals surface area contributed by atoms with E-state index in [4.69, 9.17) is 4.42 Å². The zero-order chi connectivity index (χ0) is 22.9. The van der Waals surface area contributed by atoms with Crippen LogP contribution in [0.2, 0.25) is 0 Å². The number of fused-ring (bicyclic) bond motifs is 1. The van der Waals surface area contributed by atoms with E-state index in [0.29, 0.717) is 26.6 Å². The molecule has 3 aromatic heterocycles. The van der Waals surface area contributed by atoms with Crippen molar-refractivity contribution in [2.24, 2.45) is 0 Å². The quantitative estimate of drug-likeness (QED) is 0.312. The molecule has 0 radical (unpaired) electrons. The molecule has 7 nitrogen and oxygen atoms in total. The van der Waals surface area contributed by atoms with Crippen LogP contribution in [0.5, 0.6) is 0 Å². The highest BCUT2D eigenvalue weighted by Crippen LogP contribution is 2.27. The second kappa shape index (κ2) is 8.32. The van der Waals surface area contributed by atoms with Gasteiger partial charge in [-0.2, -0.15) is 0 Å². The van der Waals surface area contributed by atoms with Crippen molar-refractivity contribution in [3.8, 4) is 11.4 Å². The molecule has 0 aliphatic heterocycles. The lowest BCUT2D eigenvalue weighted by Gasteiger charge is -2.03. The summed E-state index contributed by atoms with van der Waals surface area (Å²) in [5, 5.41) is 5.94. The Labute approximate surface area is 189 Å². The fraction of sp³-hybridized carbons (Fsp3) is 0. The van der Waals surface area contributed by atoms with Crippen LogP contribution in [-0.4, -0.2) is 21.8 Å². The number of carbonyl (C=O) groups excluding carboxylic acids is 2. The first-order valence-corrected chi connectivity index (χ1v) is 10.5. The van der Waals surface area contributed by atoms with E-state index in [1.165, 1.54) is 12.3 Å². The molecule has 2 aromatic carbocycles. The Balaban J connectivity index is 1.32. The van der Waals surface area contributed by atoms with Gasteiger partial charge in [-0.3, -0.25) is 9.59 Å². The number of nitrogens with one attached hydrogen (secondary N) is 3. The molecule has 0 aliphatic rings. The van der Waals surface area contributed by atoms with Crippen molar-refractivity contribution >= 4 is 44.9 Å². The molecule has 2 amide bonds. The zero-order valence-corrected chi connectivity index (χ0v) is 17.5. The number of imidazole rings is 1. The number of hydrogen-bond donors (Lipinski definition) is 3. The highest BCUT2D eigenvalue weighted by molar-refractivity contribution is 7.18. The van der Waals surface area contributed by atoms with E-state index in [0.717, 1.165) is 29.5 Å². The summed E-state index contributed by atoms with van der Waals surface area (Å²) in [7, 11) is 0. The van der Waals surface area contributed by atoms with Crippen molar-refractivity contribution in [3.05, 3.63) is 89.2 Å². The lowest BCUT2D eigenvalue weighted by Crippen LogP contribution is -2.10. The smallest absolute Gasteiger partial charge is 0.291 e. The molecule has 0 fully saturated rings. The van der Waals surface area contributed by atoms with Crippen molar-refractivity contribution < 1.29 is 22.8 Å². The normalized spacial score (nSPS) is 11.0. The number of hydrogen-bond acceptors (Lipinski definition) is 5. The molecule has 0 unspecified atom stereocenters. The van der Waals surface area contributed by atoms with Crippen LogP contribution in [0, 0.1) is 11.6 Å². The molecule has 0 aliphatic carbocycles. The Morgan fingerprint density at radius 1 is 0.970 bits per heavy atom. The van der Waals surface area contributed by atoms with Gasteiger partial charge in [0.25, 0.3) is 11.8 Å². The summed E-state index contributed by atoms with van der Waals surface area (Å²) in [6.45, 7) is 0. The van der Waals surface area contributed by atoms with Gasteiger partial charge in [-0.05, 0) is 60.7 Å². The van der Waals surface area contributed by atoms with Gasteiger partial charge in [0.2, 0.25) is 0 Å². The molecule has 3 N–H and O–H groups in total. The fourth-order valence-corrected chi connectivity index (χ4v) is 3.99. The number of carbonyl (C=O) groups is 2. The summed E-state index contributed by atoms with van der Waals surface area (Å²) in [5.74, 6) is -1.61. The van der Waals surface area contributed by atoms with E-state index >= 15 is 0 Å². The predicted octanol–water partition coefficient (Wildman–Crippen LogP) is 5.67. The summed E-state index contributed by atoms with van der Waals surface area (Å²) < 4.78 is 32.6. The number of anilines is 2. The lowest BCUT2D eigenvalue weighted by molar-refractivity contribution is 0.0995.